The van der Waals surface area contributed by atoms with Crippen LogP contribution in [0.25, 0.3) is 0 Å². The van der Waals surface area contributed by atoms with Crippen molar-refractivity contribution in [2.45, 2.75) is 12.8 Å². The van der Waals surface area contributed by atoms with Gasteiger partial charge in [-0.15, -0.1) is 0 Å². The van der Waals surface area contributed by atoms with Crippen molar-refractivity contribution in [3.63, 3.8) is 0 Å². The maximum absolute atomic E-state index is 11.9. The number of piperidine rings is 1. The molecule has 1 saturated heterocycles. The van der Waals surface area contributed by atoms with Crippen LogP contribution in [0.1, 0.15) is 12.8 Å². The van der Waals surface area contributed by atoms with Crippen molar-refractivity contribution in [3.8, 4) is 0 Å². The highest BCUT2D eigenvalue weighted by Crippen LogP contribution is 2.31. The molecule has 15 heavy (non-hydrogen) atoms. The van der Waals surface area contributed by atoms with Gasteiger partial charge in [0.15, 0.2) is 5.78 Å². The molecule has 1 N–H and O–H groups in total. The van der Waals surface area contributed by atoms with Gasteiger partial charge in [0.25, 0.3) is 0 Å². The van der Waals surface area contributed by atoms with Gasteiger partial charge in [0.1, 0.15) is 12.0 Å². The van der Waals surface area contributed by atoms with E-state index in [0.717, 1.165) is 0 Å². The van der Waals surface area contributed by atoms with Gasteiger partial charge >= 0.3 is 5.97 Å². The van der Waals surface area contributed by atoms with E-state index in [1.165, 1.54) is 14.2 Å². The minimum atomic E-state index is -0.990. The molecule has 86 valence electrons. The van der Waals surface area contributed by atoms with Gasteiger partial charge in [0, 0.05) is 7.11 Å². The van der Waals surface area contributed by atoms with Crippen LogP contribution in [0, 0.1) is 5.41 Å². The fraction of sp³-hybridized carbons (Fsp3) is 0.800. The third kappa shape index (κ3) is 2.35. The summed E-state index contributed by atoms with van der Waals surface area (Å²) in [4.78, 5) is 23.5. The van der Waals surface area contributed by atoms with Crippen LogP contribution in [0.2, 0.25) is 0 Å². The molecule has 1 rings (SSSR count). The predicted octanol–water partition coefficient (Wildman–Crippen LogP) is -0.255. The second-order valence-corrected chi connectivity index (χ2v) is 3.68. The predicted molar refractivity (Wildman–Crippen MR) is 53.4 cm³/mol. The summed E-state index contributed by atoms with van der Waals surface area (Å²) >= 11 is 0. The average Bonchev–Trinajstić information content (AvgIpc) is 2.29. The fourth-order valence-corrected chi connectivity index (χ4v) is 1.91. The van der Waals surface area contributed by atoms with Crippen LogP contribution in [-0.4, -0.2) is 45.7 Å². The highest BCUT2D eigenvalue weighted by molar-refractivity contribution is 6.04. The molecule has 1 heterocycles. The van der Waals surface area contributed by atoms with Crippen molar-refractivity contribution >= 4 is 11.8 Å². The van der Waals surface area contributed by atoms with Gasteiger partial charge in [-0.3, -0.25) is 9.59 Å². The molecule has 0 saturated carbocycles. The van der Waals surface area contributed by atoms with Gasteiger partial charge in [-0.1, -0.05) is 0 Å². The molecule has 1 aliphatic heterocycles. The molecule has 0 aromatic rings. The van der Waals surface area contributed by atoms with Crippen LogP contribution in [0.15, 0.2) is 0 Å². The Morgan fingerprint density at radius 3 is 2.33 bits per heavy atom. The normalized spacial score (nSPS) is 19.6. The SMILES string of the molecule is COCC(=O)C1(C(=O)OC)CCNCC1. The molecule has 0 aromatic carbocycles. The molecule has 5 heteroatoms. The van der Waals surface area contributed by atoms with Gasteiger partial charge in [0.05, 0.1) is 7.11 Å². The van der Waals surface area contributed by atoms with Crippen LogP contribution in [0.3, 0.4) is 0 Å². The second-order valence-electron chi connectivity index (χ2n) is 3.68. The summed E-state index contributed by atoms with van der Waals surface area (Å²) in [6.07, 6.45) is 0.976. The van der Waals surface area contributed by atoms with Crippen LogP contribution in [0.5, 0.6) is 0 Å². The van der Waals surface area contributed by atoms with Gasteiger partial charge < -0.3 is 14.8 Å². The molecule has 5 nitrogen and oxygen atoms in total. The molecule has 0 radical (unpaired) electrons. The van der Waals surface area contributed by atoms with Gasteiger partial charge in [0.2, 0.25) is 0 Å². The summed E-state index contributed by atoms with van der Waals surface area (Å²) < 4.78 is 9.52. The number of hydrogen-bond acceptors (Lipinski definition) is 5. The smallest absolute Gasteiger partial charge is 0.319 e. The average molecular weight is 215 g/mol. The van der Waals surface area contributed by atoms with E-state index in [1.807, 2.05) is 0 Å². The number of ketones is 1. The summed E-state index contributed by atoms with van der Waals surface area (Å²) in [5.74, 6) is -0.621. The number of carbonyl (C=O) groups excluding carboxylic acids is 2. The molecule has 1 aliphatic rings. The maximum atomic E-state index is 11.9. The summed E-state index contributed by atoms with van der Waals surface area (Å²) in [6, 6.07) is 0. The van der Waals surface area contributed by atoms with E-state index in [9.17, 15) is 9.59 Å². The lowest BCUT2D eigenvalue weighted by Gasteiger charge is -2.33. The second kappa shape index (κ2) is 5.23. The molecule has 0 unspecified atom stereocenters. The number of esters is 1. The molecule has 1 fully saturated rings. The van der Waals surface area contributed by atoms with E-state index in [4.69, 9.17) is 9.47 Å². The zero-order chi connectivity index (χ0) is 11.3. The summed E-state index contributed by atoms with van der Waals surface area (Å²) in [7, 11) is 2.76. The van der Waals surface area contributed by atoms with Crippen molar-refractivity contribution in [2.75, 3.05) is 33.9 Å². The Labute approximate surface area is 89.1 Å². The Balaban J connectivity index is 2.84. The lowest BCUT2D eigenvalue weighted by Crippen LogP contribution is -2.49. The summed E-state index contributed by atoms with van der Waals surface area (Å²) in [5, 5.41) is 3.11. The molecule has 0 aliphatic carbocycles. The summed E-state index contributed by atoms with van der Waals surface area (Å²) in [6.45, 7) is 1.28. The standard InChI is InChI=1S/C10H17NO4/c1-14-7-8(12)10(9(13)15-2)3-5-11-6-4-10/h11H,3-7H2,1-2H3. The number of rotatable bonds is 4. The number of Topliss-reactive ketones (excluding diaryl/α,β-unsaturated/α-hetero) is 1. The van der Waals surface area contributed by atoms with Gasteiger partial charge in [-0.05, 0) is 25.9 Å². The molecular weight excluding hydrogens is 198 g/mol. The molecular formula is C10H17NO4. The van der Waals surface area contributed by atoms with Crippen molar-refractivity contribution < 1.29 is 19.1 Å². The first-order valence-electron chi connectivity index (χ1n) is 4.99. The third-order valence-electron chi connectivity index (χ3n) is 2.84. The van der Waals surface area contributed by atoms with Crippen molar-refractivity contribution in [2.24, 2.45) is 5.41 Å². The number of carbonyl (C=O) groups is 2. The Bertz CT molecular complexity index is 246. The number of nitrogens with one attached hydrogen (secondary N) is 1. The highest BCUT2D eigenvalue weighted by Gasteiger charge is 2.46. The molecule has 0 bridgehead atoms. The van der Waals surface area contributed by atoms with Crippen LogP contribution >= 0.6 is 0 Å². The van der Waals surface area contributed by atoms with E-state index >= 15 is 0 Å². The lowest BCUT2D eigenvalue weighted by molar-refractivity contribution is -0.161. The van der Waals surface area contributed by atoms with E-state index < -0.39 is 11.4 Å². The molecule has 0 atom stereocenters. The Kier molecular flexibility index (Phi) is 4.23. The van der Waals surface area contributed by atoms with E-state index in [-0.39, 0.29) is 12.4 Å². The number of methoxy groups -OCH3 is 2. The maximum Gasteiger partial charge on any atom is 0.319 e. The zero-order valence-corrected chi connectivity index (χ0v) is 9.17. The third-order valence-corrected chi connectivity index (χ3v) is 2.84. The first-order chi connectivity index (χ1) is 7.17. The van der Waals surface area contributed by atoms with E-state index in [2.05, 4.69) is 5.32 Å². The fourth-order valence-electron chi connectivity index (χ4n) is 1.91. The molecule has 0 amide bonds. The van der Waals surface area contributed by atoms with Crippen LogP contribution < -0.4 is 5.32 Å². The highest BCUT2D eigenvalue weighted by atomic mass is 16.5. The van der Waals surface area contributed by atoms with E-state index in [0.29, 0.717) is 25.9 Å². The Hall–Kier alpha value is -0.940. The monoisotopic (exact) mass is 215 g/mol. The molecule has 0 aromatic heterocycles. The number of ether oxygens (including phenoxy) is 2. The van der Waals surface area contributed by atoms with Gasteiger partial charge in [-0.25, -0.2) is 0 Å². The minimum Gasteiger partial charge on any atom is -0.468 e. The first kappa shape index (κ1) is 12.1. The Morgan fingerprint density at radius 2 is 1.87 bits per heavy atom. The van der Waals surface area contributed by atoms with Crippen molar-refractivity contribution in [1.82, 2.24) is 5.32 Å². The summed E-state index contributed by atoms with van der Waals surface area (Å²) in [5.41, 5.74) is -0.990. The van der Waals surface area contributed by atoms with Crippen molar-refractivity contribution in [3.05, 3.63) is 0 Å². The largest absolute Gasteiger partial charge is 0.468 e. The number of hydrogen-bond donors (Lipinski definition) is 1. The zero-order valence-electron chi connectivity index (χ0n) is 9.17. The van der Waals surface area contributed by atoms with Crippen LogP contribution in [-0.2, 0) is 19.1 Å². The minimum absolute atomic E-state index is 0.0326. The first-order valence-corrected chi connectivity index (χ1v) is 4.99. The lowest BCUT2D eigenvalue weighted by atomic mass is 9.75. The Morgan fingerprint density at radius 1 is 1.27 bits per heavy atom. The van der Waals surface area contributed by atoms with Crippen LogP contribution in [0.4, 0.5) is 0 Å². The van der Waals surface area contributed by atoms with Crippen molar-refractivity contribution in [1.29, 1.82) is 0 Å². The van der Waals surface area contributed by atoms with Gasteiger partial charge in [-0.2, -0.15) is 0 Å². The topological polar surface area (TPSA) is 64.6 Å². The molecule has 0 spiro atoms. The van der Waals surface area contributed by atoms with E-state index in [1.54, 1.807) is 0 Å². The quantitative estimate of drug-likeness (QED) is 0.517.